The van der Waals surface area contributed by atoms with Crippen LogP contribution in [0, 0.1) is 0 Å². The fourth-order valence-electron chi connectivity index (χ4n) is 1.58. The molecule has 0 amide bonds. The van der Waals surface area contributed by atoms with Crippen LogP contribution >= 0.6 is 0 Å². The van der Waals surface area contributed by atoms with Crippen molar-refractivity contribution in [1.82, 2.24) is 4.98 Å². The minimum atomic E-state index is -4.37. The number of nitrogens with zero attached hydrogens (tertiary/aromatic N) is 1. The second-order valence-corrected chi connectivity index (χ2v) is 3.79. The van der Waals surface area contributed by atoms with Crippen molar-refractivity contribution in [2.75, 3.05) is 12.4 Å². The first-order chi connectivity index (χ1) is 8.50. The lowest BCUT2D eigenvalue weighted by atomic mass is 10.1. The van der Waals surface area contributed by atoms with E-state index in [1.165, 1.54) is 6.20 Å². The molecule has 0 spiro atoms. The Morgan fingerprint density at radius 1 is 1.00 bits per heavy atom. The summed E-state index contributed by atoms with van der Waals surface area (Å²) in [6, 6.07) is 8.21. The van der Waals surface area contributed by atoms with Crippen LogP contribution in [0.25, 0.3) is 11.1 Å². The van der Waals surface area contributed by atoms with Crippen LogP contribution in [0.3, 0.4) is 0 Å². The van der Waals surface area contributed by atoms with Gasteiger partial charge >= 0.3 is 6.18 Å². The fourth-order valence-corrected chi connectivity index (χ4v) is 1.58. The first-order valence-electron chi connectivity index (χ1n) is 5.31. The highest BCUT2D eigenvalue weighted by Gasteiger charge is 2.31. The summed E-state index contributed by atoms with van der Waals surface area (Å²) in [5.74, 6) is 0. The van der Waals surface area contributed by atoms with E-state index >= 15 is 0 Å². The van der Waals surface area contributed by atoms with E-state index in [0.717, 1.165) is 18.0 Å². The van der Waals surface area contributed by atoms with Crippen molar-refractivity contribution in [3.8, 4) is 11.1 Å². The van der Waals surface area contributed by atoms with Crippen LogP contribution in [-0.2, 0) is 6.18 Å². The molecule has 1 aromatic carbocycles. The van der Waals surface area contributed by atoms with E-state index in [4.69, 9.17) is 0 Å². The van der Waals surface area contributed by atoms with Gasteiger partial charge in [-0.3, -0.25) is 4.98 Å². The van der Waals surface area contributed by atoms with E-state index in [9.17, 15) is 13.2 Å². The van der Waals surface area contributed by atoms with Gasteiger partial charge in [0.2, 0.25) is 0 Å². The summed E-state index contributed by atoms with van der Waals surface area (Å²) in [6.45, 7) is 0. The first kappa shape index (κ1) is 12.4. The maximum Gasteiger partial charge on any atom is 0.417 e. The summed E-state index contributed by atoms with van der Waals surface area (Å²) in [6.07, 6.45) is -2.12. The van der Waals surface area contributed by atoms with Crippen LogP contribution in [0.2, 0.25) is 0 Å². The molecule has 0 saturated heterocycles. The lowest BCUT2D eigenvalue weighted by Gasteiger charge is -2.08. The third kappa shape index (κ3) is 2.61. The Labute approximate surface area is 102 Å². The molecule has 0 fully saturated rings. The average Bonchev–Trinajstić information content (AvgIpc) is 2.38. The molecule has 1 heterocycles. The molecule has 2 rings (SSSR count). The van der Waals surface area contributed by atoms with Gasteiger partial charge in [0, 0.05) is 30.7 Å². The third-order valence-corrected chi connectivity index (χ3v) is 2.57. The van der Waals surface area contributed by atoms with Gasteiger partial charge in [0.15, 0.2) is 0 Å². The minimum Gasteiger partial charge on any atom is -0.388 e. The number of nitrogens with one attached hydrogen (secondary N) is 1. The number of pyridine rings is 1. The van der Waals surface area contributed by atoms with Gasteiger partial charge in [-0.15, -0.1) is 0 Å². The number of halogens is 3. The van der Waals surface area contributed by atoms with Gasteiger partial charge < -0.3 is 5.32 Å². The number of aromatic nitrogens is 1. The molecule has 2 aromatic rings. The monoisotopic (exact) mass is 252 g/mol. The smallest absolute Gasteiger partial charge is 0.388 e. The standard InChI is InChI=1S/C13H11F3N2/c1-17-12-4-2-9(3-5-12)10-6-11(8-18-7-10)13(14,15)16/h2-8,17H,1H3. The molecule has 2 nitrogen and oxygen atoms in total. The molecular weight excluding hydrogens is 241 g/mol. The Morgan fingerprint density at radius 3 is 2.22 bits per heavy atom. The number of anilines is 1. The molecule has 0 unspecified atom stereocenters. The molecule has 18 heavy (non-hydrogen) atoms. The van der Waals surface area contributed by atoms with Gasteiger partial charge in [0.25, 0.3) is 0 Å². The third-order valence-electron chi connectivity index (χ3n) is 2.57. The van der Waals surface area contributed by atoms with E-state index in [1.807, 2.05) is 0 Å². The molecule has 94 valence electrons. The second kappa shape index (κ2) is 4.68. The zero-order chi connectivity index (χ0) is 13.2. The normalized spacial score (nSPS) is 11.3. The van der Waals surface area contributed by atoms with Gasteiger partial charge in [-0.25, -0.2) is 0 Å². The molecule has 1 aromatic heterocycles. The number of rotatable bonds is 2. The van der Waals surface area contributed by atoms with Gasteiger partial charge in [0.05, 0.1) is 5.56 Å². The summed E-state index contributed by atoms with van der Waals surface area (Å²) in [5.41, 5.74) is 1.32. The zero-order valence-corrected chi connectivity index (χ0v) is 9.62. The summed E-state index contributed by atoms with van der Waals surface area (Å²) in [7, 11) is 1.78. The lowest BCUT2D eigenvalue weighted by Crippen LogP contribution is -2.05. The van der Waals surface area contributed by atoms with Crippen molar-refractivity contribution in [3.05, 3.63) is 48.3 Å². The van der Waals surface area contributed by atoms with E-state index in [-0.39, 0.29) is 0 Å². The zero-order valence-electron chi connectivity index (χ0n) is 9.62. The van der Waals surface area contributed by atoms with Crippen molar-refractivity contribution in [1.29, 1.82) is 0 Å². The minimum absolute atomic E-state index is 0.451. The van der Waals surface area contributed by atoms with Crippen LogP contribution in [-0.4, -0.2) is 12.0 Å². The molecule has 0 atom stereocenters. The Kier molecular flexibility index (Phi) is 3.23. The highest BCUT2D eigenvalue weighted by Crippen LogP contribution is 2.31. The molecule has 0 saturated carbocycles. The summed E-state index contributed by atoms with van der Waals surface area (Å²) < 4.78 is 37.7. The van der Waals surface area contributed by atoms with Crippen molar-refractivity contribution in [2.45, 2.75) is 6.18 Å². The molecule has 0 aliphatic rings. The highest BCUT2D eigenvalue weighted by atomic mass is 19.4. The van der Waals surface area contributed by atoms with Gasteiger partial charge in [-0.1, -0.05) is 12.1 Å². The fraction of sp³-hybridized carbons (Fsp3) is 0.154. The highest BCUT2D eigenvalue weighted by molar-refractivity contribution is 5.65. The Morgan fingerprint density at radius 2 is 1.67 bits per heavy atom. The Balaban J connectivity index is 2.38. The van der Waals surface area contributed by atoms with Crippen molar-refractivity contribution >= 4 is 5.69 Å². The molecule has 0 aliphatic carbocycles. The summed E-state index contributed by atoms with van der Waals surface area (Å²) in [5, 5.41) is 2.95. The van der Waals surface area contributed by atoms with Crippen LogP contribution in [0.15, 0.2) is 42.7 Å². The van der Waals surface area contributed by atoms with E-state index < -0.39 is 11.7 Å². The SMILES string of the molecule is CNc1ccc(-c2cncc(C(F)(F)F)c2)cc1. The number of hydrogen-bond acceptors (Lipinski definition) is 2. The Bertz CT molecular complexity index is 533. The Hall–Kier alpha value is -2.04. The van der Waals surface area contributed by atoms with Gasteiger partial charge in [-0.05, 0) is 23.8 Å². The van der Waals surface area contributed by atoms with Crippen molar-refractivity contribution in [3.63, 3.8) is 0 Å². The van der Waals surface area contributed by atoms with Crippen molar-refractivity contribution < 1.29 is 13.2 Å². The number of benzene rings is 1. The van der Waals surface area contributed by atoms with Gasteiger partial charge in [-0.2, -0.15) is 13.2 Å². The lowest BCUT2D eigenvalue weighted by molar-refractivity contribution is -0.137. The molecular formula is C13H11F3N2. The van der Waals surface area contributed by atoms with E-state index in [2.05, 4.69) is 10.3 Å². The van der Waals surface area contributed by atoms with Gasteiger partial charge in [0.1, 0.15) is 0 Å². The summed E-state index contributed by atoms with van der Waals surface area (Å²) >= 11 is 0. The largest absolute Gasteiger partial charge is 0.417 e. The predicted molar refractivity (Wildman–Crippen MR) is 64.2 cm³/mol. The molecule has 5 heteroatoms. The average molecular weight is 252 g/mol. The topological polar surface area (TPSA) is 24.9 Å². The maximum absolute atomic E-state index is 12.6. The molecule has 0 radical (unpaired) electrons. The van der Waals surface area contributed by atoms with E-state index in [1.54, 1.807) is 31.3 Å². The quantitative estimate of drug-likeness (QED) is 0.879. The first-order valence-corrected chi connectivity index (χ1v) is 5.31. The second-order valence-electron chi connectivity index (χ2n) is 3.79. The van der Waals surface area contributed by atoms with Crippen LogP contribution in [0.1, 0.15) is 5.56 Å². The molecule has 1 N–H and O–H groups in total. The predicted octanol–water partition coefficient (Wildman–Crippen LogP) is 3.81. The number of hydrogen-bond donors (Lipinski definition) is 1. The van der Waals surface area contributed by atoms with Crippen LogP contribution in [0.4, 0.5) is 18.9 Å². The maximum atomic E-state index is 12.6. The number of alkyl halides is 3. The van der Waals surface area contributed by atoms with E-state index in [0.29, 0.717) is 11.1 Å². The molecule has 0 bridgehead atoms. The summed E-state index contributed by atoms with van der Waals surface area (Å²) in [4.78, 5) is 3.63. The van der Waals surface area contributed by atoms with Crippen molar-refractivity contribution in [2.24, 2.45) is 0 Å². The van der Waals surface area contributed by atoms with Crippen LogP contribution < -0.4 is 5.32 Å². The van der Waals surface area contributed by atoms with Crippen LogP contribution in [0.5, 0.6) is 0 Å². The molecule has 0 aliphatic heterocycles.